The quantitative estimate of drug-likeness (QED) is 0.207. The van der Waals surface area contributed by atoms with E-state index < -0.39 is 0 Å². The molecule has 41 heavy (non-hydrogen) atoms. The summed E-state index contributed by atoms with van der Waals surface area (Å²) in [6.07, 6.45) is 6.67. The molecule has 0 atom stereocenters. The Hall–Kier alpha value is -5.35. The molecule has 3 aromatic carbocycles. The first-order valence-electron chi connectivity index (χ1n) is 12.8. The standard InChI is InChI=1S/C31H28FN7O2/c1-38(2)16-5-10-29(40)34-24-7-3-6-22(18-24)30(41)35-25-8-4-9-26(20-25)36-31-33-15-13-28(37-31)39-17-14-21-11-12-23(32)19-27(21)39/h3-15,17-20H,16H2,1-2H3,(H,34,40)(H,35,41)(H,33,36,37). The first-order chi connectivity index (χ1) is 19.8. The van der Waals surface area contributed by atoms with E-state index in [9.17, 15) is 14.0 Å². The van der Waals surface area contributed by atoms with Gasteiger partial charge in [-0.1, -0.05) is 18.2 Å². The third-order valence-corrected chi connectivity index (χ3v) is 6.05. The van der Waals surface area contributed by atoms with E-state index in [1.807, 2.05) is 37.3 Å². The van der Waals surface area contributed by atoms with Crippen LogP contribution in [0.2, 0.25) is 0 Å². The molecule has 3 N–H and O–H groups in total. The second-order valence-corrected chi connectivity index (χ2v) is 9.52. The molecule has 0 saturated heterocycles. The van der Waals surface area contributed by atoms with Crippen LogP contribution >= 0.6 is 0 Å². The summed E-state index contributed by atoms with van der Waals surface area (Å²) in [5, 5.41) is 9.70. The van der Waals surface area contributed by atoms with Crippen LogP contribution < -0.4 is 16.0 Å². The molecule has 0 aliphatic heterocycles. The Morgan fingerprint density at radius 3 is 2.54 bits per heavy atom. The van der Waals surface area contributed by atoms with Gasteiger partial charge < -0.3 is 25.4 Å². The van der Waals surface area contributed by atoms with Gasteiger partial charge in [0.25, 0.3) is 5.91 Å². The van der Waals surface area contributed by atoms with Gasteiger partial charge >= 0.3 is 0 Å². The number of fused-ring (bicyclic) bond motifs is 1. The molecule has 2 amide bonds. The number of hydrogen-bond acceptors (Lipinski definition) is 6. The van der Waals surface area contributed by atoms with Gasteiger partial charge in [0.2, 0.25) is 11.9 Å². The van der Waals surface area contributed by atoms with Gasteiger partial charge in [-0.3, -0.25) is 9.59 Å². The van der Waals surface area contributed by atoms with E-state index in [0.29, 0.717) is 46.5 Å². The largest absolute Gasteiger partial charge is 0.324 e. The van der Waals surface area contributed by atoms with E-state index in [2.05, 4.69) is 25.9 Å². The van der Waals surface area contributed by atoms with Crippen molar-refractivity contribution in [2.75, 3.05) is 36.6 Å². The van der Waals surface area contributed by atoms with Crippen molar-refractivity contribution in [3.05, 3.63) is 115 Å². The van der Waals surface area contributed by atoms with Gasteiger partial charge in [-0.15, -0.1) is 0 Å². The molecule has 0 unspecified atom stereocenters. The molecule has 0 aliphatic carbocycles. The number of carbonyl (C=O) groups excluding carboxylic acids is 2. The van der Waals surface area contributed by atoms with Crippen molar-refractivity contribution in [3.63, 3.8) is 0 Å². The van der Waals surface area contributed by atoms with Crippen molar-refractivity contribution in [3.8, 4) is 5.82 Å². The Morgan fingerprint density at radius 2 is 1.71 bits per heavy atom. The van der Waals surface area contributed by atoms with E-state index in [-0.39, 0.29) is 17.6 Å². The number of halogens is 1. The number of aromatic nitrogens is 3. The van der Waals surface area contributed by atoms with Crippen LogP contribution in [0.3, 0.4) is 0 Å². The van der Waals surface area contributed by atoms with Crippen LogP contribution in [0.25, 0.3) is 16.7 Å². The highest BCUT2D eigenvalue weighted by Crippen LogP contribution is 2.23. The predicted molar refractivity (Wildman–Crippen MR) is 159 cm³/mol. The fourth-order valence-electron chi connectivity index (χ4n) is 4.14. The van der Waals surface area contributed by atoms with Crippen molar-refractivity contribution in [2.24, 2.45) is 0 Å². The molecular weight excluding hydrogens is 521 g/mol. The average molecular weight is 550 g/mol. The molecule has 0 fully saturated rings. The molecule has 2 aromatic heterocycles. The Bertz CT molecular complexity index is 1750. The van der Waals surface area contributed by atoms with E-state index in [1.165, 1.54) is 18.2 Å². The number of nitrogens with one attached hydrogen (secondary N) is 3. The van der Waals surface area contributed by atoms with Gasteiger partial charge in [-0.25, -0.2) is 9.37 Å². The van der Waals surface area contributed by atoms with Crippen molar-refractivity contribution in [2.45, 2.75) is 0 Å². The second kappa shape index (κ2) is 12.2. The lowest BCUT2D eigenvalue weighted by molar-refractivity contribution is -0.111. The van der Waals surface area contributed by atoms with Crippen LogP contribution in [0.4, 0.5) is 27.4 Å². The van der Waals surface area contributed by atoms with Crippen LogP contribution in [0.15, 0.2) is 103 Å². The van der Waals surface area contributed by atoms with E-state index in [0.717, 1.165) is 5.39 Å². The maximum Gasteiger partial charge on any atom is 0.255 e. The lowest BCUT2D eigenvalue weighted by Gasteiger charge is -2.11. The number of carbonyl (C=O) groups is 2. The Balaban J connectivity index is 1.26. The monoisotopic (exact) mass is 549 g/mol. The molecule has 5 aromatic rings. The van der Waals surface area contributed by atoms with Crippen molar-refractivity contribution >= 4 is 45.7 Å². The maximum absolute atomic E-state index is 13.8. The van der Waals surface area contributed by atoms with Crippen molar-refractivity contribution in [1.29, 1.82) is 0 Å². The van der Waals surface area contributed by atoms with E-state index in [4.69, 9.17) is 0 Å². The van der Waals surface area contributed by atoms with Gasteiger partial charge in [0, 0.05) is 53.0 Å². The number of hydrogen-bond donors (Lipinski definition) is 3. The topological polar surface area (TPSA) is 104 Å². The predicted octanol–water partition coefficient (Wildman–Crippen LogP) is 5.61. The Kier molecular flexibility index (Phi) is 8.12. The number of nitrogens with zero attached hydrogens (tertiary/aromatic N) is 4. The summed E-state index contributed by atoms with van der Waals surface area (Å²) < 4.78 is 15.6. The van der Waals surface area contributed by atoms with Gasteiger partial charge in [0.1, 0.15) is 11.6 Å². The summed E-state index contributed by atoms with van der Waals surface area (Å²) in [6, 6.07) is 22.1. The highest BCUT2D eigenvalue weighted by atomic mass is 19.1. The number of benzene rings is 3. The fourth-order valence-corrected chi connectivity index (χ4v) is 4.14. The summed E-state index contributed by atoms with van der Waals surface area (Å²) in [6.45, 7) is 0.646. The molecule has 5 rings (SSSR count). The van der Waals surface area contributed by atoms with Gasteiger partial charge in [0.05, 0.1) is 5.52 Å². The molecule has 0 spiro atoms. The lowest BCUT2D eigenvalue weighted by Crippen LogP contribution is -2.14. The summed E-state index contributed by atoms with van der Waals surface area (Å²) in [5.74, 6) is -0.00838. The first-order valence-corrected chi connectivity index (χ1v) is 12.8. The summed E-state index contributed by atoms with van der Waals surface area (Å²) in [4.78, 5) is 35.9. The Labute approximate surface area is 236 Å². The molecule has 0 aliphatic rings. The number of anilines is 4. The van der Waals surface area contributed by atoms with Crippen molar-refractivity contribution in [1.82, 2.24) is 19.4 Å². The third kappa shape index (κ3) is 7.00. The summed E-state index contributed by atoms with van der Waals surface area (Å²) in [7, 11) is 3.83. The molecule has 0 bridgehead atoms. The highest BCUT2D eigenvalue weighted by Gasteiger charge is 2.10. The van der Waals surface area contributed by atoms with Crippen LogP contribution in [-0.4, -0.2) is 51.9 Å². The number of amides is 2. The highest BCUT2D eigenvalue weighted by molar-refractivity contribution is 6.06. The first kappa shape index (κ1) is 27.2. The van der Waals surface area contributed by atoms with Gasteiger partial charge in [-0.05, 0) is 80.8 Å². The summed E-state index contributed by atoms with van der Waals surface area (Å²) >= 11 is 0. The second-order valence-electron chi connectivity index (χ2n) is 9.52. The minimum Gasteiger partial charge on any atom is -0.324 e. The van der Waals surface area contributed by atoms with Crippen LogP contribution in [0.5, 0.6) is 0 Å². The third-order valence-electron chi connectivity index (χ3n) is 6.05. The zero-order valence-electron chi connectivity index (χ0n) is 22.5. The zero-order chi connectivity index (χ0) is 28.8. The van der Waals surface area contributed by atoms with Crippen LogP contribution in [0.1, 0.15) is 10.4 Å². The zero-order valence-corrected chi connectivity index (χ0v) is 22.5. The normalized spacial score (nSPS) is 11.2. The number of rotatable bonds is 9. The molecule has 0 radical (unpaired) electrons. The van der Waals surface area contributed by atoms with E-state index >= 15 is 0 Å². The molecule has 9 nitrogen and oxygen atoms in total. The molecular formula is C31H28FN7O2. The SMILES string of the molecule is CN(C)CC=CC(=O)Nc1cccc(C(=O)Nc2cccc(Nc3nccc(-n4ccc5ccc(F)cc54)n3)c2)c1. The van der Waals surface area contributed by atoms with Gasteiger partial charge in [-0.2, -0.15) is 4.98 Å². The Morgan fingerprint density at radius 1 is 0.927 bits per heavy atom. The smallest absolute Gasteiger partial charge is 0.255 e. The summed E-state index contributed by atoms with van der Waals surface area (Å²) in [5.41, 5.74) is 2.83. The lowest BCUT2D eigenvalue weighted by atomic mass is 10.1. The average Bonchev–Trinajstić information content (AvgIpc) is 3.36. The fraction of sp³-hybridized carbons (Fsp3) is 0.0968. The van der Waals surface area contributed by atoms with E-state index in [1.54, 1.807) is 71.4 Å². The minimum absolute atomic E-state index is 0.272. The number of likely N-dealkylation sites (N-methyl/N-ethyl adjacent to an activating group) is 1. The molecule has 0 saturated carbocycles. The maximum atomic E-state index is 13.8. The van der Waals surface area contributed by atoms with Crippen molar-refractivity contribution < 1.29 is 14.0 Å². The molecule has 206 valence electrons. The molecule has 2 heterocycles. The van der Waals surface area contributed by atoms with Gasteiger partial charge in [0.15, 0.2) is 0 Å². The molecule has 10 heteroatoms. The van der Waals surface area contributed by atoms with Crippen LogP contribution in [-0.2, 0) is 4.79 Å². The minimum atomic E-state index is -0.327. The van der Waals surface area contributed by atoms with Crippen LogP contribution in [0, 0.1) is 5.82 Å².